The van der Waals surface area contributed by atoms with Gasteiger partial charge >= 0.3 is 0 Å². The number of pyridine rings is 1. The Morgan fingerprint density at radius 1 is 0.886 bits per heavy atom. The molecule has 2 aromatic carbocycles. The number of likely N-dealkylation sites (N-methyl/N-ethyl adjacent to an activating group) is 1. The number of nitrogen functional groups attached to an aromatic ring is 1. The Bertz CT molecular complexity index is 1660. The summed E-state index contributed by atoms with van der Waals surface area (Å²) in [5.41, 5.74) is 13.2. The van der Waals surface area contributed by atoms with E-state index in [1.165, 1.54) is 5.56 Å². The Kier molecular flexibility index (Phi) is 8.45. The molecular weight excluding hydrogens is 552 g/mol. The number of hydrogen-bond donors (Lipinski definition) is 2. The van der Waals surface area contributed by atoms with Gasteiger partial charge in [0.2, 0.25) is 0 Å². The zero-order valence-corrected chi connectivity index (χ0v) is 25.7. The highest BCUT2D eigenvalue weighted by Gasteiger charge is 2.29. The predicted molar refractivity (Wildman–Crippen MR) is 172 cm³/mol. The first-order valence-electron chi connectivity index (χ1n) is 15.2. The maximum atomic E-state index is 13.5. The third kappa shape index (κ3) is 6.51. The molecule has 0 spiro atoms. The van der Waals surface area contributed by atoms with Gasteiger partial charge in [0.05, 0.1) is 11.8 Å². The van der Waals surface area contributed by atoms with Crippen LogP contribution in [0.5, 0.6) is 0 Å². The number of nitrogens with zero attached hydrogens (tertiary/aromatic N) is 6. The molecule has 3 N–H and O–H groups in total. The van der Waals surface area contributed by atoms with Gasteiger partial charge in [0.15, 0.2) is 0 Å². The molecule has 4 aromatic rings. The average molecular weight is 593 g/mol. The number of aryl methyl sites for hydroxylation is 2. The molecule has 2 amide bonds. The summed E-state index contributed by atoms with van der Waals surface area (Å²) in [5.74, 6) is -0.148. The first-order valence-corrected chi connectivity index (χ1v) is 15.2. The van der Waals surface area contributed by atoms with Crippen molar-refractivity contribution in [1.82, 2.24) is 34.8 Å². The van der Waals surface area contributed by atoms with E-state index in [9.17, 15) is 9.59 Å². The number of amides is 2. The summed E-state index contributed by atoms with van der Waals surface area (Å²) in [5, 5.41) is 7.24. The fraction of sp³-hybridized carbons (Fsp3) is 0.353. The summed E-state index contributed by atoms with van der Waals surface area (Å²) >= 11 is 0. The fourth-order valence-corrected chi connectivity index (χ4v) is 6.03. The van der Waals surface area contributed by atoms with Crippen LogP contribution in [0.15, 0.2) is 67.1 Å². The van der Waals surface area contributed by atoms with Crippen molar-refractivity contribution in [2.45, 2.75) is 25.9 Å². The standard InChI is InChI=1S/C34H40N8O2/c1-23-16-26(25-6-4-24(5-7-25)20-41-14-12-39(2)13-15-41)8-9-30(23)34(44)42-11-10-29(22-42)38-33(43)31-17-27(18-36-32(31)35)28-19-37-40(3)21-28/h4-9,16-19,21,29H,10-15,20,22H2,1-3H3,(H2,35,36)(H,38,43)/t29-/m1/s1. The average Bonchev–Trinajstić information content (AvgIpc) is 3.67. The zero-order chi connectivity index (χ0) is 30.8. The number of nitrogens with one attached hydrogen (secondary N) is 1. The van der Waals surface area contributed by atoms with Gasteiger partial charge in [-0.05, 0) is 54.8 Å². The molecule has 10 nitrogen and oxygen atoms in total. The van der Waals surface area contributed by atoms with Crippen LogP contribution in [-0.2, 0) is 13.6 Å². The molecule has 2 fully saturated rings. The molecule has 44 heavy (non-hydrogen) atoms. The Labute approximate surface area is 258 Å². The van der Waals surface area contributed by atoms with E-state index in [1.54, 1.807) is 23.1 Å². The topological polar surface area (TPSA) is 113 Å². The molecular formula is C34H40N8O2. The van der Waals surface area contributed by atoms with Crippen molar-refractivity contribution >= 4 is 17.6 Å². The van der Waals surface area contributed by atoms with Crippen LogP contribution in [0.2, 0.25) is 0 Å². The van der Waals surface area contributed by atoms with Crippen LogP contribution >= 0.6 is 0 Å². The molecule has 228 valence electrons. The number of aromatic nitrogens is 3. The van der Waals surface area contributed by atoms with Crippen molar-refractivity contribution in [1.29, 1.82) is 0 Å². The van der Waals surface area contributed by atoms with E-state index in [4.69, 9.17) is 5.73 Å². The number of likely N-dealkylation sites (tertiary alicyclic amines) is 1. The summed E-state index contributed by atoms with van der Waals surface area (Å²) in [4.78, 5) is 37.6. The van der Waals surface area contributed by atoms with E-state index in [2.05, 4.69) is 62.6 Å². The Morgan fingerprint density at radius 2 is 1.64 bits per heavy atom. The van der Waals surface area contributed by atoms with Crippen molar-refractivity contribution in [2.75, 3.05) is 52.0 Å². The lowest BCUT2D eigenvalue weighted by atomic mass is 9.98. The van der Waals surface area contributed by atoms with Gasteiger partial charge in [-0.25, -0.2) is 4.98 Å². The summed E-state index contributed by atoms with van der Waals surface area (Å²) in [7, 11) is 4.01. The van der Waals surface area contributed by atoms with Gasteiger partial charge < -0.3 is 20.9 Å². The van der Waals surface area contributed by atoms with Crippen LogP contribution in [0.4, 0.5) is 5.82 Å². The minimum Gasteiger partial charge on any atom is -0.383 e. The summed E-state index contributed by atoms with van der Waals surface area (Å²) in [6.07, 6.45) is 5.88. The molecule has 2 saturated heterocycles. The second-order valence-corrected chi connectivity index (χ2v) is 12.1. The van der Waals surface area contributed by atoms with E-state index in [1.807, 2.05) is 37.2 Å². The fourth-order valence-electron chi connectivity index (χ4n) is 6.03. The van der Waals surface area contributed by atoms with Crippen molar-refractivity contribution in [3.05, 3.63) is 89.4 Å². The molecule has 0 bridgehead atoms. The van der Waals surface area contributed by atoms with E-state index in [0.717, 1.165) is 60.5 Å². The monoisotopic (exact) mass is 592 g/mol. The largest absolute Gasteiger partial charge is 0.383 e. The van der Waals surface area contributed by atoms with Crippen molar-refractivity contribution in [3.63, 3.8) is 0 Å². The number of piperazine rings is 1. The molecule has 0 unspecified atom stereocenters. The van der Waals surface area contributed by atoms with Gasteiger partial charge in [0.1, 0.15) is 5.82 Å². The maximum absolute atomic E-state index is 13.5. The minimum absolute atomic E-state index is 0.0203. The van der Waals surface area contributed by atoms with E-state index < -0.39 is 0 Å². The number of nitrogens with two attached hydrogens (primary N) is 1. The predicted octanol–water partition coefficient (Wildman–Crippen LogP) is 3.43. The van der Waals surface area contributed by atoms with Gasteiger partial charge in [-0.15, -0.1) is 0 Å². The smallest absolute Gasteiger partial charge is 0.255 e. The molecule has 0 saturated carbocycles. The van der Waals surface area contributed by atoms with Gasteiger partial charge in [0, 0.05) is 88.0 Å². The van der Waals surface area contributed by atoms with Gasteiger partial charge in [-0.2, -0.15) is 5.10 Å². The lowest BCUT2D eigenvalue weighted by Gasteiger charge is -2.32. The van der Waals surface area contributed by atoms with E-state index in [-0.39, 0.29) is 23.7 Å². The lowest BCUT2D eigenvalue weighted by Crippen LogP contribution is -2.43. The van der Waals surface area contributed by atoms with Crippen LogP contribution in [-0.4, -0.2) is 93.6 Å². The molecule has 2 aromatic heterocycles. The molecule has 10 heteroatoms. The quantitative estimate of drug-likeness (QED) is 0.338. The first kappa shape index (κ1) is 29.5. The normalized spacial score (nSPS) is 17.6. The van der Waals surface area contributed by atoms with Crippen molar-refractivity contribution in [2.24, 2.45) is 7.05 Å². The zero-order valence-electron chi connectivity index (χ0n) is 25.7. The molecule has 2 aliphatic rings. The highest BCUT2D eigenvalue weighted by atomic mass is 16.2. The molecule has 0 aliphatic carbocycles. The molecule has 1 atom stereocenters. The third-order valence-corrected chi connectivity index (χ3v) is 8.76. The van der Waals surface area contributed by atoms with Crippen LogP contribution in [0.25, 0.3) is 22.3 Å². The summed E-state index contributed by atoms with van der Waals surface area (Å²) in [6, 6.07) is 16.4. The second-order valence-electron chi connectivity index (χ2n) is 12.1. The van der Waals surface area contributed by atoms with Crippen molar-refractivity contribution in [3.8, 4) is 22.3 Å². The maximum Gasteiger partial charge on any atom is 0.255 e. The van der Waals surface area contributed by atoms with E-state index >= 15 is 0 Å². The SMILES string of the molecule is Cc1cc(-c2ccc(CN3CCN(C)CC3)cc2)ccc1C(=O)N1CC[C@@H](NC(=O)c2cc(-c3cnn(C)c3)cnc2N)C1. The Hall–Kier alpha value is -4.54. The molecule has 4 heterocycles. The van der Waals surface area contributed by atoms with Crippen LogP contribution in [0, 0.1) is 6.92 Å². The summed E-state index contributed by atoms with van der Waals surface area (Å²) in [6.45, 7) is 8.40. The minimum atomic E-state index is -0.296. The van der Waals surface area contributed by atoms with Crippen LogP contribution < -0.4 is 11.1 Å². The van der Waals surface area contributed by atoms with Crippen LogP contribution in [0.3, 0.4) is 0 Å². The van der Waals surface area contributed by atoms with Gasteiger partial charge in [0.25, 0.3) is 11.8 Å². The summed E-state index contributed by atoms with van der Waals surface area (Å²) < 4.78 is 1.69. The Balaban J connectivity index is 1.06. The second kappa shape index (κ2) is 12.6. The highest BCUT2D eigenvalue weighted by molar-refractivity contribution is 6.00. The van der Waals surface area contributed by atoms with E-state index in [0.29, 0.717) is 30.6 Å². The first-order chi connectivity index (χ1) is 21.2. The molecule has 2 aliphatic heterocycles. The third-order valence-electron chi connectivity index (χ3n) is 8.76. The molecule has 6 rings (SSSR count). The number of carbonyl (C=O) groups excluding carboxylic acids is 2. The number of hydrogen-bond acceptors (Lipinski definition) is 7. The lowest BCUT2D eigenvalue weighted by molar-refractivity contribution is 0.0782. The Morgan fingerprint density at radius 3 is 2.34 bits per heavy atom. The number of rotatable bonds is 7. The van der Waals surface area contributed by atoms with Crippen molar-refractivity contribution < 1.29 is 9.59 Å². The van der Waals surface area contributed by atoms with Gasteiger partial charge in [-0.3, -0.25) is 19.2 Å². The van der Waals surface area contributed by atoms with Gasteiger partial charge in [-0.1, -0.05) is 36.4 Å². The number of carbonyl (C=O) groups is 2. The number of anilines is 1. The molecule has 0 radical (unpaired) electrons. The highest BCUT2D eigenvalue weighted by Crippen LogP contribution is 2.26. The van der Waals surface area contributed by atoms with Crippen LogP contribution in [0.1, 0.15) is 38.3 Å². The number of benzene rings is 2.